The third-order valence-electron chi connectivity index (χ3n) is 3.42. The second-order valence-electron chi connectivity index (χ2n) is 4.66. The van der Waals surface area contributed by atoms with Crippen molar-refractivity contribution in [1.29, 1.82) is 0 Å². The van der Waals surface area contributed by atoms with Crippen molar-refractivity contribution in [3.8, 4) is 5.75 Å². The minimum Gasteiger partial charge on any atom is -0.493 e. The lowest BCUT2D eigenvalue weighted by molar-refractivity contribution is 0.334. The van der Waals surface area contributed by atoms with Crippen molar-refractivity contribution in [3.63, 3.8) is 0 Å². The minimum atomic E-state index is 0.439. The SMILES string of the molecule is CSc1cccc(NCC2COc3ccccc32)c1. The van der Waals surface area contributed by atoms with Crippen molar-refractivity contribution in [2.45, 2.75) is 10.8 Å². The Morgan fingerprint density at radius 2 is 2.11 bits per heavy atom. The van der Waals surface area contributed by atoms with Gasteiger partial charge in [0.05, 0.1) is 6.61 Å². The molecule has 0 fully saturated rings. The van der Waals surface area contributed by atoms with Gasteiger partial charge < -0.3 is 10.1 Å². The topological polar surface area (TPSA) is 21.3 Å². The number of thioether (sulfide) groups is 1. The van der Waals surface area contributed by atoms with Gasteiger partial charge in [-0.3, -0.25) is 0 Å². The maximum atomic E-state index is 5.70. The first kappa shape index (κ1) is 12.4. The van der Waals surface area contributed by atoms with Crippen LogP contribution in [0.4, 0.5) is 5.69 Å². The molecule has 0 spiro atoms. The fraction of sp³-hybridized carbons (Fsp3) is 0.250. The molecule has 1 heterocycles. The first-order valence-corrected chi connectivity index (χ1v) is 7.69. The highest BCUT2D eigenvalue weighted by Crippen LogP contribution is 2.33. The average Bonchev–Trinajstić information content (AvgIpc) is 2.89. The van der Waals surface area contributed by atoms with Gasteiger partial charge in [0.25, 0.3) is 0 Å². The van der Waals surface area contributed by atoms with Crippen LogP contribution in [0.3, 0.4) is 0 Å². The first-order chi connectivity index (χ1) is 9.36. The molecule has 2 aromatic carbocycles. The molecule has 1 unspecified atom stereocenters. The van der Waals surface area contributed by atoms with Crippen LogP contribution in [-0.4, -0.2) is 19.4 Å². The molecule has 0 aliphatic carbocycles. The van der Waals surface area contributed by atoms with Crippen LogP contribution < -0.4 is 10.1 Å². The molecule has 1 N–H and O–H groups in total. The van der Waals surface area contributed by atoms with E-state index >= 15 is 0 Å². The van der Waals surface area contributed by atoms with Gasteiger partial charge >= 0.3 is 0 Å². The fourth-order valence-corrected chi connectivity index (χ4v) is 2.83. The highest BCUT2D eigenvalue weighted by Gasteiger charge is 2.23. The van der Waals surface area contributed by atoms with E-state index in [0.717, 1.165) is 18.9 Å². The van der Waals surface area contributed by atoms with E-state index in [1.807, 2.05) is 12.1 Å². The molecule has 0 radical (unpaired) electrons. The summed E-state index contributed by atoms with van der Waals surface area (Å²) in [6, 6.07) is 16.8. The van der Waals surface area contributed by atoms with Crippen LogP contribution in [0.2, 0.25) is 0 Å². The van der Waals surface area contributed by atoms with Crippen LogP contribution in [0.25, 0.3) is 0 Å². The molecule has 1 aliphatic rings. The number of nitrogens with one attached hydrogen (secondary N) is 1. The van der Waals surface area contributed by atoms with Crippen LogP contribution in [-0.2, 0) is 0 Å². The van der Waals surface area contributed by atoms with Crippen LogP contribution in [0.15, 0.2) is 53.4 Å². The van der Waals surface area contributed by atoms with E-state index in [2.05, 4.69) is 48.0 Å². The van der Waals surface area contributed by atoms with Gasteiger partial charge in [-0.15, -0.1) is 11.8 Å². The zero-order valence-corrected chi connectivity index (χ0v) is 11.7. The predicted octanol–water partition coefficient (Wildman–Crippen LogP) is 4.00. The second kappa shape index (κ2) is 5.57. The normalized spacial score (nSPS) is 16.8. The Bertz CT molecular complexity index is 570. The number of ether oxygens (including phenoxy) is 1. The van der Waals surface area contributed by atoms with Crippen LogP contribution in [0.5, 0.6) is 5.75 Å². The van der Waals surface area contributed by atoms with E-state index in [0.29, 0.717) is 5.92 Å². The number of hydrogen-bond acceptors (Lipinski definition) is 3. The Balaban J connectivity index is 1.67. The highest BCUT2D eigenvalue weighted by atomic mass is 32.2. The number of fused-ring (bicyclic) bond motifs is 1. The Morgan fingerprint density at radius 1 is 1.21 bits per heavy atom. The van der Waals surface area contributed by atoms with E-state index in [9.17, 15) is 0 Å². The fourth-order valence-electron chi connectivity index (χ4n) is 2.37. The molecule has 19 heavy (non-hydrogen) atoms. The third kappa shape index (κ3) is 2.71. The second-order valence-corrected chi connectivity index (χ2v) is 5.54. The Labute approximate surface area is 118 Å². The summed E-state index contributed by atoms with van der Waals surface area (Å²) in [5.41, 5.74) is 2.49. The summed E-state index contributed by atoms with van der Waals surface area (Å²) in [6.07, 6.45) is 2.10. The number of benzene rings is 2. The lowest BCUT2D eigenvalue weighted by atomic mass is 10.0. The zero-order valence-electron chi connectivity index (χ0n) is 10.9. The van der Waals surface area contributed by atoms with Crippen molar-refractivity contribution < 1.29 is 4.74 Å². The van der Waals surface area contributed by atoms with Gasteiger partial charge in [-0.25, -0.2) is 0 Å². The van der Waals surface area contributed by atoms with Crippen molar-refractivity contribution in [2.24, 2.45) is 0 Å². The van der Waals surface area contributed by atoms with Gasteiger partial charge in [-0.1, -0.05) is 24.3 Å². The van der Waals surface area contributed by atoms with Crippen molar-refractivity contribution in [2.75, 3.05) is 24.7 Å². The number of hydrogen-bond donors (Lipinski definition) is 1. The van der Waals surface area contributed by atoms with Gasteiger partial charge in [0.1, 0.15) is 5.75 Å². The molecule has 1 atom stereocenters. The quantitative estimate of drug-likeness (QED) is 0.849. The summed E-state index contributed by atoms with van der Waals surface area (Å²) in [4.78, 5) is 1.29. The highest BCUT2D eigenvalue weighted by molar-refractivity contribution is 7.98. The van der Waals surface area contributed by atoms with E-state index in [1.54, 1.807) is 11.8 Å². The lowest BCUT2D eigenvalue weighted by Gasteiger charge is -2.12. The molecule has 2 nitrogen and oxygen atoms in total. The van der Waals surface area contributed by atoms with E-state index in [1.165, 1.54) is 16.1 Å². The molecule has 98 valence electrons. The summed E-state index contributed by atoms with van der Waals surface area (Å²) in [5, 5.41) is 3.51. The first-order valence-electron chi connectivity index (χ1n) is 6.46. The zero-order chi connectivity index (χ0) is 13.1. The molecule has 0 saturated carbocycles. The largest absolute Gasteiger partial charge is 0.493 e. The summed E-state index contributed by atoms with van der Waals surface area (Å²) in [6.45, 7) is 1.68. The van der Waals surface area contributed by atoms with Crippen LogP contribution >= 0.6 is 11.8 Å². The molecule has 1 aliphatic heterocycles. The number of rotatable bonds is 4. The van der Waals surface area contributed by atoms with Gasteiger partial charge in [0.15, 0.2) is 0 Å². The van der Waals surface area contributed by atoms with Gasteiger partial charge in [0.2, 0.25) is 0 Å². The van der Waals surface area contributed by atoms with Crippen molar-refractivity contribution >= 4 is 17.4 Å². The Hall–Kier alpha value is -1.61. The average molecular weight is 271 g/mol. The van der Waals surface area contributed by atoms with Gasteiger partial charge in [-0.05, 0) is 30.5 Å². The lowest BCUT2D eigenvalue weighted by Crippen LogP contribution is -2.13. The Morgan fingerprint density at radius 3 is 3.00 bits per heavy atom. The van der Waals surface area contributed by atoms with Crippen molar-refractivity contribution in [1.82, 2.24) is 0 Å². The Kier molecular flexibility index (Phi) is 3.65. The molecule has 3 heteroatoms. The van der Waals surface area contributed by atoms with Crippen LogP contribution in [0, 0.1) is 0 Å². The van der Waals surface area contributed by atoms with Gasteiger partial charge in [0, 0.05) is 28.6 Å². The molecule has 0 amide bonds. The number of para-hydroxylation sites is 1. The predicted molar refractivity (Wildman–Crippen MR) is 81.4 cm³/mol. The molecular weight excluding hydrogens is 254 g/mol. The number of anilines is 1. The molecule has 0 bridgehead atoms. The standard InChI is InChI=1S/C16H17NOS/c1-19-14-6-4-5-13(9-14)17-10-12-11-18-16-8-3-2-7-15(12)16/h2-9,12,17H,10-11H2,1H3. The van der Waals surface area contributed by atoms with Gasteiger partial charge in [-0.2, -0.15) is 0 Å². The minimum absolute atomic E-state index is 0.439. The monoisotopic (exact) mass is 271 g/mol. The summed E-state index contributed by atoms with van der Waals surface area (Å²) in [7, 11) is 0. The molecule has 3 rings (SSSR count). The molecule has 2 aromatic rings. The molecule has 0 aromatic heterocycles. The smallest absolute Gasteiger partial charge is 0.122 e. The summed E-state index contributed by atoms with van der Waals surface area (Å²) < 4.78 is 5.70. The van der Waals surface area contributed by atoms with Crippen LogP contribution in [0.1, 0.15) is 11.5 Å². The summed E-state index contributed by atoms with van der Waals surface area (Å²) >= 11 is 1.76. The van der Waals surface area contributed by atoms with E-state index in [-0.39, 0.29) is 0 Å². The maximum absolute atomic E-state index is 5.70. The molecular formula is C16H17NOS. The third-order valence-corrected chi connectivity index (χ3v) is 4.15. The molecule has 0 saturated heterocycles. The maximum Gasteiger partial charge on any atom is 0.122 e. The van der Waals surface area contributed by atoms with E-state index < -0.39 is 0 Å². The van der Waals surface area contributed by atoms with Crippen molar-refractivity contribution in [3.05, 3.63) is 54.1 Å². The summed E-state index contributed by atoms with van der Waals surface area (Å²) in [5.74, 6) is 1.47. The van der Waals surface area contributed by atoms with E-state index in [4.69, 9.17) is 4.74 Å².